The molecule has 0 unspecified atom stereocenters. The Balaban J connectivity index is 2.52. The van der Waals surface area contributed by atoms with Crippen LogP contribution in [0.5, 0.6) is 0 Å². The Morgan fingerprint density at radius 2 is 1.81 bits per heavy atom. The van der Waals surface area contributed by atoms with E-state index in [0.717, 1.165) is 10.9 Å². The van der Waals surface area contributed by atoms with E-state index in [1.54, 1.807) is 0 Å². The van der Waals surface area contributed by atoms with E-state index in [-0.39, 0.29) is 6.04 Å². The number of aliphatic hydroxyl groups excluding tert-OH is 1. The lowest BCUT2D eigenvalue weighted by Crippen LogP contribution is -2.25. The molecule has 2 aromatic carbocycles. The van der Waals surface area contributed by atoms with Crippen molar-refractivity contribution in [3.63, 3.8) is 0 Å². The summed E-state index contributed by atoms with van der Waals surface area (Å²) in [5, 5.41) is 12.1. The number of fused-ring (bicyclic) bond motifs is 1. The van der Waals surface area contributed by atoms with E-state index in [1.165, 1.54) is 5.39 Å². The summed E-state index contributed by atoms with van der Waals surface area (Å²) >= 11 is 0. The monoisotopic (exact) mass is 215 g/mol. The van der Waals surface area contributed by atoms with Crippen molar-refractivity contribution >= 4 is 10.8 Å². The average Bonchev–Trinajstić information content (AvgIpc) is 2.36. The molecule has 84 valence electrons. The first-order valence-corrected chi connectivity index (χ1v) is 5.65. The van der Waals surface area contributed by atoms with Gasteiger partial charge >= 0.3 is 0 Å². The van der Waals surface area contributed by atoms with Crippen LogP contribution in [0.15, 0.2) is 42.5 Å². The third kappa shape index (κ3) is 1.94. The summed E-state index contributed by atoms with van der Waals surface area (Å²) in [6.07, 6.45) is 0.190. The minimum absolute atomic E-state index is 0.309. The molecule has 2 nitrogen and oxygen atoms in total. The molecule has 0 spiro atoms. The first-order chi connectivity index (χ1) is 7.74. The standard InChI is InChI=1S/C14H17NO/c1-2-13(16)14(15)12-9-5-7-10-6-3-4-8-11(10)12/h3-9,13-14,16H,2,15H2,1H3/t13-,14+/m1/s1. The van der Waals surface area contributed by atoms with E-state index in [0.29, 0.717) is 6.42 Å². The predicted molar refractivity (Wildman–Crippen MR) is 67.2 cm³/mol. The van der Waals surface area contributed by atoms with Crippen LogP contribution in [0.2, 0.25) is 0 Å². The molecule has 16 heavy (non-hydrogen) atoms. The summed E-state index contributed by atoms with van der Waals surface area (Å²) in [4.78, 5) is 0. The molecule has 2 atom stereocenters. The Bertz CT molecular complexity index is 476. The number of rotatable bonds is 3. The Kier molecular flexibility index (Phi) is 3.22. The van der Waals surface area contributed by atoms with Gasteiger partial charge in [0.25, 0.3) is 0 Å². The smallest absolute Gasteiger partial charge is 0.0730 e. The molecule has 0 aliphatic carbocycles. The van der Waals surface area contributed by atoms with Gasteiger partial charge in [0.15, 0.2) is 0 Å². The van der Waals surface area contributed by atoms with Gasteiger partial charge in [0.2, 0.25) is 0 Å². The van der Waals surface area contributed by atoms with Gasteiger partial charge in [-0.1, -0.05) is 49.4 Å². The van der Waals surface area contributed by atoms with Crippen LogP contribution in [0.4, 0.5) is 0 Å². The molecule has 3 N–H and O–H groups in total. The third-order valence-corrected chi connectivity index (χ3v) is 3.02. The van der Waals surface area contributed by atoms with Gasteiger partial charge in [-0.25, -0.2) is 0 Å². The maximum absolute atomic E-state index is 9.81. The van der Waals surface area contributed by atoms with Crippen molar-refractivity contribution in [3.8, 4) is 0 Å². The quantitative estimate of drug-likeness (QED) is 0.826. The number of aliphatic hydroxyl groups is 1. The van der Waals surface area contributed by atoms with Crippen LogP contribution in [0.1, 0.15) is 24.9 Å². The SMILES string of the molecule is CC[C@@H](O)[C@@H](N)c1cccc2ccccc12. The zero-order valence-corrected chi connectivity index (χ0v) is 9.43. The number of hydrogen-bond donors (Lipinski definition) is 2. The van der Waals surface area contributed by atoms with Gasteiger partial charge in [-0.3, -0.25) is 0 Å². The summed E-state index contributed by atoms with van der Waals surface area (Å²) in [5.74, 6) is 0. The zero-order valence-electron chi connectivity index (χ0n) is 9.43. The molecule has 0 aromatic heterocycles. The summed E-state index contributed by atoms with van der Waals surface area (Å²) in [6.45, 7) is 1.94. The van der Waals surface area contributed by atoms with Crippen LogP contribution in [0, 0.1) is 0 Å². The van der Waals surface area contributed by atoms with E-state index in [1.807, 2.05) is 37.3 Å². The Labute approximate surface area is 95.7 Å². The van der Waals surface area contributed by atoms with Gasteiger partial charge in [0.1, 0.15) is 0 Å². The average molecular weight is 215 g/mol. The number of hydrogen-bond acceptors (Lipinski definition) is 2. The highest BCUT2D eigenvalue weighted by molar-refractivity contribution is 5.86. The summed E-state index contributed by atoms with van der Waals surface area (Å²) in [7, 11) is 0. The largest absolute Gasteiger partial charge is 0.391 e. The summed E-state index contributed by atoms with van der Waals surface area (Å²) < 4.78 is 0. The predicted octanol–water partition coefficient (Wildman–Crippen LogP) is 2.61. The molecule has 0 bridgehead atoms. The van der Waals surface area contributed by atoms with Crippen LogP contribution in [0.3, 0.4) is 0 Å². The van der Waals surface area contributed by atoms with E-state index in [2.05, 4.69) is 12.1 Å². The molecule has 0 saturated heterocycles. The lowest BCUT2D eigenvalue weighted by atomic mass is 9.95. The molecule has 2 rings (SSSR count). The Morgan fingerprint density at radius 3 is 2.56 bits per heavy atom. The first kappa shape index (κ1) is 11.1. The minimum Gasteiger partial charge on any atom is -0.391 e. The second kappa shape index (κ2) is 4.64. The fourth-order valence-corrected chi connectivity index (χ4v) is 2.00. The highest BCUT2D eigenvalue weighted by Crippen LogP contribution is 2.25. The normalized spacial score (nSPS) is 14.9. The Morgan fingerprint density at radius 1 is 1.12 bits per heavy atom. The van der Waals surface area contributed by atoms with Crippen LogP contribution < -0.4 is 5.73 Å². The molecule has 0 heterocycles. The van der Waals surface area contributed by atoms with Crippen molar-refractivity contribution in [1.82, 2.24) is 0 Å². The van der Waals surface area contributed by atoms with Gasteiger partial charge in [-0.2, -0.15) is 0 Å². The van der Waals surface area contributed by atoms with Gasteiger partial charge < -0.3 is 10.8 Å². The second-order valence-corrected chi connectivity index (χ2v) is 4.07. The molecule has 0 fully saturated rings. The second-order valence-electron chi connectivity index (χ2n) is 4.07. The van der Waals surface area contributed by atoms with E-state index >= 15 is 0 Å². The molecular weight excluding hydrogens is 198 g/mol. The lowest BCUT2D eigenvalue weighted by Gasteiger charge is -2.19. The van der Waals surface area contributed by atoms with E-state index < -0.39 is 6.10 Å². The van der Waals surface area contributed by atoms with Crippen molar-refractivity contribution in [3.05, 3.63) is 48.0 Å². The number of benzene rings is 2. The maximum atomic E-state index is 9.81. The van der Waals surface area contributed by atoms with Crippen molar-refractivity contribution in [2.75, 3.05) is 0 Å². The minimum atomic E-state index is -0.481. The Hall–Kier alpha value is -1.38. The van der Waals surface area contributed by atoms with E-state index in [9.17, 15) is 5.11 Å². The highest BCUT2D eigenvalue weighted by Gasteiger charge is 2.16. The summed E-state index contributed by atoms with van der Waals surface area (Å²) in [5.41, 5.74) is 7.09. The highest BCUT2D eigenvalue weighted by atomic mass is 16.3. The van der Waals surface area contributed by atoms with Crippen LogP contribution in [-0.4, -0.2) is 11.2 Å². The molecule has 0 aliphatic heterocycles. The van der Waals surface area contributed by atoms with Crippen LogP contribution in [0.25, 0.3) is 10.8 Å². The molecule has 0 saturated carbocycles. The van der Waals surface area contributed by atoms with Gasteiger partial charge in [-0.15, -0.1) is 0 Å². The van der Waals surface area contributed by atoms with Gasteiger partial charge in [0.05, 0.1) is 12.1 Å². The molecule has 2 heteroatoms. The fraction of sp³-hybridized carbons (Fsp3) is 0.286. The van der Waals surface area contributed by atoms with Gasteiger partial charge in [-0.05, 0) is 22.8 Å². The maximum Gasteiger partial charge on any atom is 0.0730 e. The fourth-order valence-electron chi connectivity index (χ4n) is 2.00. The van der Waals surface area contributed by atoms with Crippen molar-refractivity contribution in [2.24, 2.45) is 5.73 Å². The van der Waals surface area contributed by atoms with Crippen molar-refractivity contribution < 1.29 is 5.11 Å². The molecule has 2 aromatic rings. The van der Waals surface area contributed by atoms with E-state index in [4.69, 9.17) is 5.73 Å². The zero-order chi connectivity index (χ0) is 11.5. The van der Waals surface area contributed by atoms with Crippen LogP contribution >= 0.6 is 0 Å². The summed E-state index contributed by atoms with van der Waals surface area (Å²) in [6, 6.07) is 13.8. The first-order valence-electron chi connectivity index (χ1n) is 5.65. The van der Waals surface area contributed by atoms with Gasteiger partial charge in [0, 0.05) is 0 Å². The molecular formula is C14H17NO. The van der Waals surface area contributed by atoms with Crippen molar-refractivity contribution in [1.29, 1.82) is 0 Å². The van der Waals surface area contributed by atoms with Crippen molar-refractivity contribution in [2.45, 2.75) is 25.5 Å². The number of nitrogens with two attached hydrogens (primary N) is 1. The third-order valence-electron chi connectivity index (χ3n) is 3.02. The van der Waals surface area contributed by atoms with Crippen LogP contribution in [-0.2, 0) is 0 Å². The molecule has 0 aliphatic rings. The molecule has 0 amide bonds. The molecule has 0 radical (unpaired) electrons. The topological polar surface area (TPSA) is 46.2 Å². The lowest BCUT2D eigenvalue weighted by molar-refractivity contribution is 0.141.